The van der Waals surface area contributed by atoms with Gasteiger partial charge in [0.1, 0.15) is 5.65 Å². The van der Waals surface area contributed by atoms with E-state index in [4.69, 9.17) is 10.7 Å². The van der Waals surface area contributed by atoms with Crippen LogP contribution in [-0.4, -0.2) is 63.9 Å². The third-order valence-electron chi connectivity index (χ3n) is 8.82. The quantitative estimate of drug-likeness (QED) is 0.386. The first-order chi connectivity index (χ1) is 19.0. The van der Waals surface area contributed by atoms with E-state index in [0.717, 1.165) is 73.9 Å². The lowest BCUT2D eigenvalue weighted by atomic mass is 10.0. The molecular formula is C32H34N6O. The molecule has 1 amide bonds. The molecule has 4 aromatic rings. The molecule has 39 heavy (non-hydrogen) atoms. The molecule has 7 rings (SSSR count). The highest BCUT2D eigenvalue weighted by molar-refractivity contribution is 5.96. The highest BCUT2D eigenvalue weighted by atomic mass is 16.2. The molecule has 0 aliphatic carbocycles. The van der Waals surface area contributed by atoms with Gasteiger partial charge in [-0.25, -0.2) is 4.98 Å². The van der Waals surface area contributed by atoms with E-state index in [1.807, 2.05) is 76.3 Å². The van der Waals surface area contributed by atoms with E-state index in [9.17, 15) is 4.79 Å². The number of likely N-dealkylation sites (tertiary alicyclic amines) is 2. The zero-order valence-corrected chi connectivity index (χ0v) is 22.1. The molecule has 0 spiro atoms. The first kappa shape index (κ1) is 23.8. The summed E-state index contributed by atoms with van der Waals surface area (Å²) >= 11 is 0. The number of anilines is 2. The van der Waals surface area contributed by atoms with Crippen LogP contribution in [-0.2, 0) is 0 Å². The molecule has 3 atom stereocenters. The summed E-state index contributed by atoms with van der Waals surface area (Å²) in [4.78, 5) is 25.5. The van der Waals surface area contributed by atoms with Crippen LogP contribution in [0.2, 0.25) is 0 Å². The molecule has 3 aliphatic rings. The molecule has 3 unspecified atom stereocenters. The number of nitrogens with two attached hydrogens (primary N) is 1. The number of aromatic nitrogens is 2. The summed E-state index contributed by atoms with van der Waals surface area (Å²) in [5.41, 5.74) is 12.5. The van der Waals surface area contributed by atoms with Gasteiger partial charge in [0.05, 0.1) is 11.7 Å². The number of imidazole rings is 1. The van der Waals surface area contributed by atoms with Crippen LogP contribution in [0.5, 0.6) is 0 Å². The molecule has 7 nitrogen and oxygen atoms in total. The third kappa shape index (κ3) is 4.32. The average molecular weight is 519 g/mol. The minimum absolute atomic E-state index is 0.0587. The molecule has 0 bridgehead atoms. The van der Waals surface area contributed by atoms with Crippen LogP contribution < -0.4 is 10.6 Å². The Morgan fingerprint density at radius 3 is 2.51 bits per heavy atom. The molecule has 3 fully saturated rings. The fourth-order valence-electron chi connectivity index (χ4n) is 6.74. The second-order valence-corrected chi connectivity index (χ2v) is 11.2. The standard InChI is InChI=1S/C32H34N6O/c1-22(36-17-25-19-37(20-26(25)18-36)28-12-10-27(33)11-13-28)30-8-5-15-38(30)32(39)24-7-4-6-23(16-24)29-21-35-14-3-2-9-31(35)34-29/h2-4,6-7,9-14,16,21,25-26,30H,1,5,8,15,17-20,33H2. The van der Waals surface area contributed by atoms with Crippen molar-refractivity contribution in [3.8, 4) is 11.3 Å². The van der Waals surface area contributed by atoms with Crippen LogP contribution in [0.3, 0.4) is 0 Å². The maximum absolute atomic E-state index is 13.8. The Balaban J connectivity index is 1.04. The largest absolute Gasteiger partial charge is 0.399 e. The van der Waals surface area contributed by atoms with Crippen molar-refractivity contribution in [2.45, 2.75) is 18.9 Å². The molecule has 3 aliphatic heterocycles. The van der Waals surface area contributed by atoms with Crippen LogP contribution in [0, 0.1) is 11.8 Å². The van der Waals surface area contributed by atoms with Gasteiger partial charge in [0, 0.05) is 85.2 Å². The summed E-state index contributed by atoms with van der Waals surface area (Å²) in [5, 5.41) is 0. The van der Waals surface area contributed by atoms with Crippen molar-refractivity contribution in [1.82, 2.24) is 19.2 Å². The Morgan fingerprint density at radius 2 is 1.74 bits per heavy atom. The van der Waals surface area contributed by atoms with E-state index in [0.29, 0.717) is 17.4 Å². The smallest absolute Gasteiger partial charge is 0.254 e. The summed E-state index contributed by atoms with van der Waals surface area (Å²) in [6.45, 7) is 9.45. The predicted molar refractivity (Wildman–Crippen MR) is 155 cm³/mol. The lowest BCUT2D eigenvalue weighted by molar-refractivity contribution is 0.0740. The maximum Gasteiger partial charge on any atom is 0.254 e. The summed E-state index contributed by atoms with van der Waals surface area (Å²) < 4.78 is 2.00. The van der Waals surface area contributed by atoms with Gasteiger partial charge >= 0.3 is 0 Å². The minimum atomic E-state index is 0.0587. The number of nitrogen functional groups attached to an aromatic ring is 1. The van der Waals surface area contributed by atoms with Crippen molar-refractivity contribution < 1.29 is 4.79 Å². The topological polar surface area (TPSA) is 70.1 Å². The van der Waals surface area contributed by atoms with Gasteiger partial charge in [-0.3, -0.25) is 4.79 Å². The summed E-state index contributed by atoms with van der Waals surface area (Å²) in [6, 6.07) is 22.1. The molecule has 2 aromatic carbocycles. The van der Waals surface area contributed by atoms with Crippen LogP contribution in [0.4, 0.5) is 11.4 Å². The summed E-state index contributed by atoms with van der Waals surface area (Å²) in [6.07, 6.45) is 5.98. The Bertz CT molecular complexity index is 1490. The Hall–Kier alpha value is -4.26. The highest BCUT2D eigenvalue weighted by Crippen LogP contribution is 2.38. The van der Waals surface area contributed by atoms with Gasteiger partial charge in [0.15, 0.2) is 0 Å². The summed E-state index contributed by atoms with van der Waals surface area (Å²) in [7, 11) is 0. The Kier molecular flexibility index (Phi) is 5.80. The first-order valence-electron chi connectivity index (χ1n) is 13.9. The number of amides is 1. The van der Waals surface area contributed by atoms with Gasteiger partial charge in [-0.1, -0.05) is 24.8 Å². The third-order valence-corrected chi connectivity index (χ3v) is 8.82. The van der Waals surface area contributed by atoms with E-state index in [1.165, 1.54) is 5.69 Å². The second kappa shape index (κ2) is 9.49. The van der Waals surface area contributed by atoms with Crippen molar-refractivity contribution in [3.05, 3.63) is 97.0 Å². The van der Waals surface area contributed by atoms with E-state index in [2.05, 4.69) is 28.5 Å². The number of rotatable bonds is 5. The molecule has 0 radical (unpaired) electrons. The first-order valence-corrected chi connectivity index (χ1v) is 13.9. The highest BCUT2D eigenvalue weighted by Gasteiger charge is 2.43. The zero-order chi connectivity index (χ0) is 26.5. The Labute approximate surface area is 229 Å². The van der Waals surface area contributed by atoms with Crippen molar-refractivity contribution >= 4 is 22.9 Å². The lowest BCUT2D eigenvalue weighted by Crippen LogP contribution is -2.41. The van der Waals surface area contributed by atoms with Gasteiger partial charge in [0.25, 0.3) is 5.91 Å². The Morgan fingerprint density at radius 1 is 0.949 bits per heavy atom. The van der Waals surface area contributed by atoms with E-state index < -0.39 is 0 Å². The number of nitrogens with zero attached hydrogens (tertiary/aromatic N) is 5. The number of carbonyl (C=O) groups is 1. The zero-order valence-electron chi connectivity index (χ0n) is 22.1. The number of benzene rings is 2. The fraction of sp³-hybridized carbons (Fsp3) is 0.312. The SMILES string of the molecule is C=C(C1CCCN1C(=O)c1cccc(-c2cn3ccccc3n2)c1)N1CC2CN(c3ccc(N)cc3)CC2C1. The molecule has 7 heteroatoms. The maximum atomic E-state index is 13.8. The minimum Gasteiger partial charge on any atom is -0.399 e. The average Bonchev–Trinajstić information content (AvgIpc) is 3.75. The number of carbonyl (C=O) groups excluding carboxylic acids is 1. The van der Waals surface area contributed by atoms with E-state index in [-0.39, 0.29) is 11.9 Å². The fourth-order valence-corrected chi connectivity index (χ4v) is 6.74. The van der Waals surface area contributed by atoms with Crippen molar-refractivity contribution in [2.24, 2.45) is 11.8 Å². The van der Waals surface area contributed by atoms with Crippen molar-refractivity contribution in [2.75, 3.05) is 43.4 Å². The van der Waals surface area contributed by atoms with Gasteiger partial charge in [0.2, 0.25) is 0 Å². The van der Waals surface area contributed by atoms with Crippen LogP contribution >= 0.6 is 0 Å². The molecule has 5 heterocycles. The van der Waals surface area contributed by atoms with Crippen molar-refractivity contribution in [3.63, 3.8) is 0 Å². The molecule has 0 saturated carbocycles. The molecule has 2 N–H and O–H groups in total. The van der Waals surface area contributed by atoms with Gasteiger partial charge in [-0.2, -0.15) is 0 Å². The molecule has 198 valence electrons. The lowest BCUT2D eigenvalue weighted by Gasteiger charge is -2.33. The number of pyridine rings is 1. The molecule has 3 saturated heterocycles. The summed E-state index contributed by atoms with van der Waals surface area (Å²) in [5.74, 6) is 1.32. The van der Waals surface area contributed by atoms with Crippen LogP contribution in [0.1, 0.15) is 23.2 Å². The van der Waals surface area contributed by atoms with Gasteiger partial charge in [-0.15, -0.1) is 0 Å². The van der Waals surface area contributed by atoms with Crippen molar-refractivity contribution in [1.29, 1.82) is 0 Å². The number of hydrogen-bond acceptors (Lipinski definition) is 5. The van der Waals surface area contributed by atoms with Crippen LogP contribution in [0.15, 0.2) is 91.4 Å². The number of fused-ring (bicyclic) bond motifs is 2. The number of hydrogen-bond donors (Lipinski definition) is 1. The van der Waals surface area contributed by atoms with E-state index in [1.54, 1.807) is 0 Å². The van der Waals surface area contributed by atoms with Crippen LogP contribution in [0.25, 0.3) is 16.9 Å². The van der Waals surface area contributed by atoms with Gasteiger partial charge in [-0.05, 0) is 61.4 Å². The van der Waals surface area contributed by atoms with E-state index >= 15 is 0 Å². The predicted octanol–water partition coefficient (Wildman–Crippen LogP) is 4.77. The monoisotopic (exact) mass is 518 g/mol. The second-order valence-electron chi connectivity index (χ2n) is 11.2. The normalized spacial score (nSPS) is 22.6. The molecular weight excluding hydrogens is 484 g/mol. The van der Waals surface area contributed by atoms with Gasteiger partial charge < -0.3 is 24.8 Å². The molecule has 2 aromatic heterocycles.